The number of benzene rings is 1. The number of anilines is 1. The Hall–Kier alpha value is -2.04. The van der Waals surface area contributed by atoms with Gasteiger partial charge in [0.05, 0.1) is 0 Å². The van der Waals surface area contributed by atoms with E-state index in [0.29, 0.717) is 0 Å². The summed E-state index contributed by atoms with van der Waals surface area (Å²) in [5.74, 6) is -0.0963. The van der Waals surface area contributed by atoms with Crippen molar-refractivity contribution in [2.24, 2.45) is 5.73 Å². The third kappa shape index (κ3) is 2.70. The lowest BCUT2D eigenvalue weighted by Crippen LogP contribution is -2.48. The van der Waals surface area contributed by atoms with Gasteiger partial charge in [-0.3, -0.25) is 4.79 Å². The monoisotopic (exact) mass is 261 g/mol. The molecule has 102 valence electrons. The van der Waals surface area contributed by atoms with Crippen molar-refractivity contribution in [2.45, 2.75) is 25.8 Å². The number of hydrogen-bond acceptors (Lipinski definition) is 2. The molecule has 0 aliphatic carbocycles. The second kappa shape index (κ2) is 5.30. The maximum atomic E-state index is 12.4. The second-order valence-electron chi connectivity index (χ2n) is 4.97. The summed E-state index contributed by atoms with van der Waals surface area (Å²) in [6.45, 7) is 2.03. The van der Waals surface area contributed by atoms with Gasteiger partial charge in [-0.05, 0) is 31.4 Å². The molecular formula is C14H19N3O2. The maximum Gasteiger partial charge on any atom is 0.314 e. The number of carbonyl (C=O) groups is 2. The molecule has 1 aromatic rings. The summed E-state index contributed by atoms with van der Waals surface area (Å²) in [7, 11) is 1.53. The lowest BCUT2D eigenvalue weighted by molar-refractivity contribution is -0.119. The Balaban J connectivity index is 2.23. The Morgan fingerprint density at radius 1 is 1.42 bits per heavy atom. The second-order valence-corrected chi connectivity index (χ2v) is 4.97. The smallest absolute Gasteiger partial charge is 0.314 e. The highest BCUT2D eigenvalue weighted by molar-refractivity contribution is 5.97. The number of nitrogens with zero attached hydrogens (tertiary/aromatic N) is 2. The van der Waals surface area contributed by atoms with Crippen molar-refractivity contribution in [3.63, 3.8) is 0 Å². The van der Waals surface area contributed by atoms with E-state index in [-0.39, 0.29) is 18.5 Å². The number of carbonyl (C=O) groups excluding carboxylic acids is 2. The summed E-state index contributed by atoms with van der Waals surface area (Å²) in [6, 6.07) is 7.45. The number of nitrogens with two attached hydrogens (primary N) is 1. The largest absolute Gasteiger partial charge is 0.351 e. The Labute approximate surface area is 113 Å². The van der Waals surface area contributed by atoms with E-state index < -0.39 is 6.03 Å². The van der Waals surface area contributed by atoms with Crippen LogP contribution in [0.5, 0.6) is 0 Å². The molecule has 3 amide bonds. The first-order valence-corrected chi connectivity index (χ1v) is 6.41. The number of urea groups is 1. The first-order valence-electron chi connectivity index (χ1n) is 6.41. The van der Waals surface area contributed by atoms with Crippen LogP contribution < -0.4 is 10.6 Å². The Kier molecular flexibility index (Phi) is 3.74. The van der Waals surface area contributed by atoms with E-state index in [1.54, 1.807) is 4.90 Å². The average Bonchev–Trinajstić information content (AvgIpc) is 2.38. The molecule has 0 saturated heterocycles. The quantitative estimate of drug-likeness (QED) is 0.873. The number of aryl methyl sites for hydroxylation is 1. The Morgan fingerprint density at radius 2 is 2.11 bits per heavy atom. The minimum atomic E-state index is -0.591. The van der Waals surface area contributed by atoms with Crippen molar-refractivity contribution >= 4 is 17.6 Å². The number of rotatable bonds is 2. The van der Waals surface area contributed by atoms with Gasteiger partial charge in [0.15, 0.2) is 0 Å². The number of fused-ring (bicyclic) bond motifs is 1. The molecule has 5 heteroatoms. The number of amides is 3. The molecule has 0 unspecified atom stereocenters. The topological polar surface area (TPSA) is 66.6 Å². The number of likely N-dealkylation sites (N-methyl/N-ethyl adjacent to an activating group) is 1. The first-order chi connectivity index (χ1) is 9.00. The van der Waals surface area contributed by atoms with E-state index in [9.17, 15) is 9.59 Å². The predicted molar refractivity (Wildman–Crippen MR) is 73.9 cm³/mol. The van der Waals surface area contributed by atoms with E-state index in [4.69, 9.17) is 5.73 Å². The van der Waals surface area contributed by atoms with E-state index in [1.807, 2.05) is 31.2 Å². The summed E-state index contributed by atoms with van der Waals surface area (Å²) in [6.07, 6.45) is 1.91. The molecule has 5 nitrogen and oxygen atoms in total. The minimum Gasteiger partial charge on any atom is -0.351 e. The van der Waals surface area contributed by atoms with Gasteiger partial charge in [0.2, 0.25) is 5.91 Å². The van der Waals surface area contributed by atoms with Gasteiger partial charge in [-0.2, -0.15) is 0 Å². The first kappa shape index (κ1) is 13.4. The van der Waals surface area contributed by atoms with Crippen LogP contribution in [0.1, 0.15) is 18.9 Å². The fourth-order valence-electron chi connectivity index (χ4n) is 2.43. The highest BCUT2D eigenvalue weighted by atomic mass is 16.2. The van der Waals surface area contributed by atoms with Crippen molar-refractivity contribution < 1.29 is 9.59 Å². The van der Waals surface area contributed by atoms with Crippen LogP contribution in [0.4, 0.5) is 10.5 Å². The van der Waals surface area contributed by atoms with Gasteiger partial charge in [0.1, 0.15) is 6.54 Å². The van der Waals surface area contributed by atoms with E-state index >= 15 is 0 Å². The van der Waals surface area contributed by atoms with E-state index in [2.05, 4.69) is 0 Å². The van der Waals surface area contributed by atoms with Crippen molar-refractivity contribution in [2.75, 3.05) is 18.5 Å². The highest BCUT2D eigenvalue weighted by Crippen LogP contribution is 2.30. The third-order valence-electron chi connectivity index (χ3n) is 3.54. The van der Waals surface area contributed by atoms with Crippen LogP contribution in [0.25, 0.3) is 0 Å². The maximum absolute atomic E-state index is 12.4. The number of para-hydroxylation sites is 1. The zero-order valence-electron chi connectivity index (χ0n) is 11.3. The van der Waals surface area contributed by atoms with Crippen molar-refractivity contribution in [3.05, 3.63) is 29.8 Å². The summed E-state index contributed by atoms with van der Waals surface area (Å²) in [5.41, 5.74) is 7.28. The molecule has 0 fully saturated rings. The molecule has 1 aliphatic rings. The minimum absolute atomic E-state index is 0.00794. The fraction of sp³-hybridized carbons (Fsp3) is 0.429. The van der Waals surface area contributed by atoms with Crippen molar-refractivity contribution in [1.29, 1.82) is 0 Å². The summed E-state index contributed by atoms with van der Waals surface area (Å²) in [4.78, 5) is 26.4. The SMILES string of the molecule is C[C@@H]1CCc2ccccc2N1C(=O)CN(C)C(N)=O. The van der Waals surface area contributed by atoms with Crippen LogP contribution in [0.15, 0.2) is 24.3 Å². The van der Waals surface area contributed by atoms with Gasteiger partial charge in [-0.25, -0.2) is 4.79 Å². The van der Waals surface area contributed by atoms with Crippen molar-refractivity contribution in [3.8, 4) is 0 Å². The summed E-state index contributed by atoms with van der Waals surface area (Å²) in [5, 5.41) is 0. The normalized spacial score (nSPS) is 17.8. The molecule has 0 saturated carbocycles. The molecule has 0 bridgehead atoms. The zero-order valence-corrected chi connectivity index (χ0v) is 11.3. The third-order valence-corrected chi connectivity index (χ3v) is 3.54. The number of hydrogen-bond donors (Lipinski definition) is 1. The Bertz CT molecular complexity index is 501. The molecule has 1 aromatic carbocycles. The van der Waals surface area contributed by atoms with Crippen LogP contribution in [-0.4, -0.2) is 36.5 Å². The standard InChI is InChI=1S/C14H19N3O2/c1-10-7-8-11-5-3-4-6-12(11)17(10)13(18)9-16(2)14(15)19/h3-6,10H,7-9H2,1-2H3,(H2,15,19)/t10-/m1/s1. The predicted octanol–water partition coefficient (Wildman–Crippen LogP) is 1.36. The molecule has 1 aliphatic heterocycles. The van der Waals surface area contributed by atoms with Gasteiger partial charge >= 0.3 is 6.03 Å². The van der Waals surface area contributed by atoms with Gasteiger partial charge < -0.3 is 15.5 Å². The molecule has 1 atom stereocenters. The van der Waals surface area contributed by atoms with Gasteiger partial charge in [0, 0.05) is 18.8 Å². The zero-order chi connectivity index (χ0) is 14.0. The van der Waals surface area contributed by atoms with E-state index in [0.717, 1.165) is 18.5 Å². The molecular weight excluding hydrogens is 242 g/mol. The van der Waals surface area contributed by atoms with Crippen LogP contribution in [0.2, 0.25) is 0 Å². The molecule has 0 radical (unpaired) electrons. The number of primary amides is 1. The molecule has 0 spiro atoms. The van der Waals surface area contributed by atoms with Gasteiger partial charge in [0.25, 0.3) is 0 Å². The summed E-state index contributed by atoms with van der Waals surface area (Å²) < 4.78 is 0. The van der Waals surface area contributed by atoms with E-state index in [1.165, 1.54) is 17.5 Å². The lowest BCUT2D eigenvalue weighted by Gasteiger charge is -2.36. The average molecular weight is 261 g/mol. The molecule has 2 N–H and O–H groups in total. The van der Waals surface area contributed by atoms with Crippen LogP contribution in [0, 0.1) is 0 Å². The molecule has 1 heterocycles. The lowest BCUT2D eigenvalue weighted by atomic mass is 9.96. The fourth-order valence-corrected chi connectivity index (χ4v) is 2.43. The van der Waals surface area contributed by atoms with Crippen LogP contribution >= 0.6 is 0 Å². The van der Waals surface area contributed by atoms with Crippen LogP contribution in [0.3, 0.4) is 0 Å². The van der Waals surface area contributed by atoms with Crippen LogP contribution in [-0.2, 0) is 11.2 Å². The molecule has 19 heavy (non-hydrogen) atoms. The van der Waals surface area contributed by atoms with Gasteiger partial charge in [-0.15, -0.1) is 0 Å². The molecule has 2 rings (SSSR count). The van der Waals surface area contributed by atoms with Crippen molar-refractivity contribution in [1.82, 2.24) is 4.90 Å². The molecule has 0 aromatic heterocycles. The highest BCUT2D eigenvalue weighted by Gasteiger charge is 2.28. The Morgan fingerprint density at radius 3 is 2.79 bits per heavy atom. The summed E-state index contributed by atoms with van der Waals surface area (Å²) >= 11 is 0. The van der Waals surface area contributed by atoms with Gasteiger partial charge in [-0.1, -0.05) is 18.2 Å².